The second-order valence-electron chi connectivity index (χ2n) is 7.26. The number of rotatable bonds is 5. The molecule has 1 aliphatic rings. The smallest absolute Gasteiger partial charge is 0.274 e. The van der Waals surface area contributed by atoms with E-state index < -0.39 is 9.84 Å². The first kappa shape index (κ1) is 19.4. The summed E-state index contributed by atoms with van der Waals surface area (Å²) in [6.45, 7) is 4.16. The van der Waals surface area contributed by atoms with Gasteiger partial charge < -0.3 is 10.2 Å². The van der Waals surface area contributed by atoms with Crippen LogP contribution in [0.5, 0.6) is 0 Å². The molecule has 1 aromatic heterocycles. The van der Waals surface area contributed by atoms with E-state index in [2.05, 4.69) is 24.1 Å². The molecule has 0 spiro atoms. The van der Waals surface area contributed by atoms with Gasteiger partial charge in [0.05, 0.1) is 11.5 Å². The van der Waals surface area contributed by atoms with E-state index >= 15 is 0 Å². The molecule has 1 N–H and O–H groups in total. The summed E-state index contributed by atoms with van der Waals surface area (Å²) in [6, 6.07) is 11.1. The van der Waals surface area contributed by atoms with Crippen LogP contribution in [0.3, 0.4) is 0 Å². The number of amides is 1. The first-order valence-corrected chi connectivity index (χ1v) is 10.9. The van der Waals surface area contributed by atoms with Crippen LogP contribution in [-0.2, 0) is 9.84 Å². The molecule has 27 heavy (non-hydrogen) atoms. The molecule has 7 heteroatoms. The van der Waals surface area contributed by atoms with Crippen LogP contribution in [0.25, 0.3) is 0 Å². The van der Waals surface area contributed by atoms with Crippen LogP contribution in [0.15, 0.2) is 42.6 Å². The molecule has 3 rings (SSSR count). The lowest BCUT2D eigenvalue weighted by atomic mass is 10.0. The van der Waals surface area contributed by atoms with Gasteiger partial charge in [-0.25, -0.2) is 8.42 Å². The fourth-order valence-electron chi connectivity index (χ4n) is 3.36. The molecular formula is C20H25N3O3S. The molecule has 2 aromatic rings. The monoisotopic (exact) mass is 387 g/mol. The molecule has 1 amide bonds. The summed E-state index contributed by atoms with van der Waals surface area (Å²) in [5, 5.41) is 2.94. The molecular weight excluding hydrogens is 362 g/mol. The third-order valence-electron chi connectivity index (χ3n) is 4.97. The average Bonchev–Trinajstić information content (AvgIpc) is 3.01. The van der Waals surface area contributed by atoms with E-state index in [0.29, 0.717) is 12.1 Å². The normalized spacial score (nSPS) is 18.4. The molecule has 144 valence electrons. The second-order valence-corrected chi connectivity index (χ2v) is 9.49. The Morgan fingerprint density at radius 2 is 2.00 bits per heavy atom. The van der Waals surface area contributed by atoms with E-state index in [1.165, 1.54) is 0 Å². The Morgan fingerprint density at radius 3 is 2.67 bits per heavy atom. The minimum atomic E-state index is -2.97. The van der Waals surface area contributed by atoms with Crippen LogP contribution >= 0.6 is 0 Å². The van der Waals surface area contributed by atoms with Gasteiger partial charge in [0.25, 0.3) is 5.91 Å². The van der Waals surface area contributed by atoms with Gasteiger partial charge in [0.15, 0.2) is 9.84 Å². The number of nitrogens with zero attached hydrogens (tertiary/aromatic N) is 2. The van der Waals surface area contributed by atoms with Crippen molar-refractivity contribution in [3.8, 4) is 0 Å². The van der Waals surface area contributed by atoms with Crippen molar-refractivity contribution in [2.45, 2.75) is 32.2 Å². The highest BCUT2D eigenvalue weighted by Gasteiger charge is 2.31. The van der Waals surface area contributed by atoms with Gasteiger partial charge in [-0.1, -0.05) is 32.0 Å². The topological polar surface area (TPSA) is 79.4 Å². The number of nitrogens with one attached hydrogen (secondary N) is 1. The summed E-state index contributed by atoms with van der Waals surface area (Å²) in [5.41, 5.74) is 2.93. The number of para-hydroxylation sites is 1. The Hall–Kier alpha value is -2.41. The zero-order chi connectivity index (χ0) is 19.6. The minimum Gasteiger partial charge on any atom is -0.370 e. The Bertz CT molecular complexity index is 941. The van der Waals surface area contributed by atoms with Gasteiger partial charge >= 0.3 is 0 Å². The number of carbonyl (C=O) groups is 1. The van der Waals surface area contributed by atoms with Crippen LogP contribution in [0.1, 0.15) is 42.2 Å². The Balaban J connectivity index is 1.78. The van der Waals surface area contributed by atoms with Gasteiger partial charge in [-0.15, -0.1) is 0 Å². The molecule has 1 aromatic carbocycles. The zero-order valence-electron chi connectivity index (χ0n) is 15.8. The Labute approximate surface area is 160 Å². The molecule has 1 fully saturated rings. The fourth-order valence-corrected chi connectivity index (χ4v) is 5.13. The molecule has 0 radical (unpaired) electrons. The SMILES string of the molecule is CC(C)c1ccccc1NC(=O)c1cc(N(C)C2CCS(=O)(=O)C2)ccn1. The lowest BCUT2D eigenvalue weighted by Crippen LogP contribution is -2.32. The minimum absolute atomic E-state index is 0.0741. The zero-order valence-corrected chi connectivity index (χ0v) is 16.7. The van der Waals surface area contributed by atoms with Gasteiger partial charge in [-0.05, 0) is 36.1 Å². The molecule has 0 aliphatic carbocycles. The third-order valence-corrected chi connectivity index (χ3v) is 6.72. The van der Waals surface area contributed by atoms with Crippen LogP contribution in [0.2, 0.25) is 0 Å². The van der Waals surface area contributed by atoms with Crippen molar-refractivity contribution in [1.82, 2.24) is 4.98 Å². The van der Waals surface area contributed by atoms with Gasteiger partial charge in [0, 0.05) is 30.7 Å². The van der Waals surface area contributed by atoms with Gasteiger partial charge in [0.2, 0.25) is 0 Å². The number of hydrogen-bond acceptors (Lipinski definition) is 5. The standard InChI is InChI=1S/C20H25N3O3S/c1-14(2)17-6-4-5-7-18(17)22-20(24)19-12-15(8-10-21-19)23(3)16-9-11-27(25,26)13-16/h4-8,10,12,14,16H,9,11,13H2,1-3H3,(H,22,24). The number of sulfone groups is 1. The van der Waals surface area contributed by atoms with E-state index in [0.717, 1.165) is 16.9 Å². The largest absolute Gasteiger partial charge is 0.370 e. The van der Waals surface area contributed by atoms with Crippen molar-refractivity contribution in [2.75, 3.05) is 28.8 Å². The summed E-state index contributed by atoms with van der Waals surface area (Å²) < 4.78 is 23.5. The van der Waals surface area contributed by atoms with Crippen molar-refractivity contribution in [3.63, 3.8) is 0 Å². The number of hydrogen-bond donors (Lipinski definition) is 1. The first-order valence-electron chi connectivity index (χ1n) is 9.06. The third kappa shape index (κ3) is 4.47. The summed E-state index contributed by atoms with van der Waals surface area (Å²) in [4.78, 5) is 18.8. The van der Waals surface area contributed by atoms with Crippen LogP contribution < -0.4 is 10.2 Å². The summed E-state index contributed by atoms with van der Waals surface area (Å²) >= 11 is 0. The van der Waals surface area contributed by atoms with Gasteiger partial charge in [-0.3, -0.25) is 9.78 Å². The van der Waals surface area contributed by atoms with Gasteiger partial charge in [-0.2, -0.15) is 0 Å². The molecule has 0 bridgehead atoms. The second kappa shape index (κ2) is 7.68. The molecule has 1 unspecified atom stereocenters. The van der Waals surface area contributed by atoms with Crippen molar-refractivity contribution >= 4 is 27.1 Å². The maximum atomic E-state index is 12.7. The van der Waals surface area contributed by atoms with E-state index in [4.69, 9.17) is 0 Å². The average molecular weight is 388 g/mol. The highest BCUT2D eigenvalue weighted by Crippen LogP contribution is 2.25. The van der Waals surface area contributed by atoms with Crippen LogP contribution in [0.4, 0.5) is 11.4 Å². The van der Waals surface area contributed by atoms with E-state index in [9.17, 15) is 13.2 Å². The molecule has 2 heterocycles. The number of pyridine rings is 1. The Morgan fingerprint density at radius 1 is 1.26 bits per heavy atom. The summed E-state index contributed by atoms with van der Waals surface area (Å²) in [7, 11) is -1.11. The quantitative estimate of drug-likeness (QED) is 0.853. The lowest BCUT2D eigenvalue weighted by Gasteiger charge is -2.25. The molecule has 0 saturated carbocycles. The fraction of sp³-hybridized carbons (Fsp3) is 0.400. The highest BCUT2D eigenvalue weighted by atomic mass is 32.2. The maximum Gasteiger partial charge on any atom is 0.274 e. The van der Waals surface area contributed by atoms with E-state index in [-0.39, 0.29) is 29.4 Å². The van der Waals surface area contributed by atoms with E-state index in [1.807, 2.05) is 36.2 Å². The first-order chi connectivity index (χ1) is 12.8. The number of carbonyl (C=O) groups excluding carboxylic acids is 1. The predicted molar refractivity (Wildman–Crippen MR) is 108 cm³/mol. The van der Waals surface area contributed by atoms with Crippen molar-refractivity contribution in [1.29, 1.82) is 0 Å². The van der Waals surface area contributed by atoms with E-state index in [1.54, 1.807) is 18.3 Å². The predicted octanol–water partition coefficient (Wildman–Crippen LogP) is 3.08. The van der Waals surface area contributed by atoms with Crippen LogP contribution in [0, 0.1) is 0 Å². The molecule has 1 aliphatic heterocycles. The molecule has 6 nitrogen and oxygen atoms in total. The van der Waals surface area contributed by atoms with Crippen molar-refractivity contribution in [3.05, 3.63) is 53.9 Å². The summed E-state index contributed by atoms with van der Waals surface area (Å²) in [6.07, 6.45) is 2.18. The maximum absolute atomic E-state index is 12.7. The Kier molecular flexibility index (Phi) is 5.51. The molecule has 1 saturated heterocycles. The van der Waals surface area contributed by atoms with Gasteiger partial charge in [0.1, 0.15) is 5.69 Å². The van der Waals surface area contributed by atoms with Crippen molar-refractivity contribution < 1.29 is 13.2 Å². The highest BCUT2D eigenvalue weighted by molar-refractivity contribution is 7.91. The number of benzene rings is 1. The number of aromatic nitrogens is 1. The van der Waals surface area contributed by atoms with Crippen molar-refractivity contribution in [2.24, 2.45) is 0 Å². The molecule has 1 atom stereocenters. The number of anilines is 2. The van der Waals surface area contributed by atoms with Crippen LogP contribution in [-0.4, -0.2) is 43.9 Å². The summed E-state index contributed by atoms with van der Waals surface area (Å²) in [5.74, 6) is 0.371. The lowest BCUT2D eigenvalue weighted by molar-refractivity contribution is 0.102.